The van der Waals surface area contributed by atoms with Crippen molar-refractivity contribution >= 4 is 56.3 Å². The van der Waals surface area contributed by atoms with Gasteiger partial charge in [0.05, 0.1) is 23.0 Å². The van der Waals surface area contributed by atoms with Crippen LogP contribution in [0.4, 0.5) is 0 Å². The van der Waals surface area contributed by atoms with Crippen LogP contribution in [0.25, 0.3) is 26.8 Å². The van der Waals surface area contributed by atoms with E-state index in [0.29, 0.717) is 5.16 Å². The highest BCUT2D eigenvalue weighted by Gasteiger charge is 2.23. The normalized spacial score (nSPS) is 13.4. The number of para-hydroxylation sites is 1. The Morgan fingerprint density at radius 3 is 2.86 bits per heavy atom. The van der Waals surface area contributed by atoms with Crippen molar-refractivity contribution in [1.29, 1.82) is 0 Å². The number of hydrazone groups is 1. The van der Waals surface area contributed by atoms with Crippen LogP contribution in [0, 0.1) is 6.92 Å². The fourth-order valence-electron chi connectivity index (χ4n) is 4.74. The molecular formula is C28H25N5O2S2. The van der Waals surface area contributed by atoms with Crippen LogP contribution in [0.15, 0.2) is 69.8 Å². The number of thiophene rings is 1. The van der Waals surface area contributed by atoms with E-state index < -0.39 is 0 Å². The first-order valence-corrected chi connectivity index (χ1v) is 14.0. The van der Waals surface area contributed by atoms with Crippen LogP contribution in [0.5, 0.6) is 0 Å². The van der Waals surface area contributed by atoms with E-state index in [0.717, 1.165) is 69.2 Å². The summed E-state index contributed by atoms with van der Waals surface area (Å²) >= 11 is 2.86. The molecule has 0 spiro atoms. The summed E-state index contributed by atoms with van der Waals surface area (Å²) in [7, 11) is 0. The lowest BCUT2D eigenvalue weighted by molar-refractivity contribution is -0.118. The first kappa shape index (κ1) is 23.7. The van der Waals surface area contributed by atoms with Crippen molar-refractivity contribution in [3.8, 4) is 5.69 Å². The molecule has 0 aliphatic heterocycles. The van der Waals surface area contributed by atoms with Gasteiger partial charge in [0.2, 0.25) is 0 Å². The van der Waals surface area contributed by atoms with E-state index >= 15 is 0 Å². The van der Waals surface area contributed by atoms with Gasteiger partial charge in [-0.15, -0.1) is 11.3 Å². The lowest BCUT2D eigenvalue weighted by atomic mass is 9.97. The van der Waals surface area contributed by atoms with Gasteiger partial charge < -0.3 is 4.98 Å². The van der Waals surface area contributed by atoms with Crippen LogP contribution in [0.3, 0.4) is 0 Å². The molecule has 3 aromatic heterocycles. The van der Waals surface area contributed by atoms with Gasteiger partial charge in [-0.05, 0) is 56.4 Å². The van der Waals surface area contributed by atoms with E-state index in [4.69, 9.17) is 4.98 Å². The maximum Gasteiger partial charge on any atom is 0.267 e. The van der Waals surface area contributed by atoms with E-state index in [1.54, 1.807) is 22.1 Å². The van der Waals surface area contributed by atoms with Crippen LogP contribution in [0.1, 0.15) is 34.4 Å². The van der Waals surface area contributed by atoms with Crippen molar-refractivity contribution in [2.75, 3.05) is 5.75 Å². The van der Waals surface area contributed by atoms with Crippen molar-refractivity contribution in [3.05, 3.63) is 86.6 Å². The predicted octanol–water partition coefficient (Wildman–Crippen LogP) is 5.36. The number of nitrogens with one attached hydrogen (secondary N) is 2. The minimum absolute atomic E-state index is 0.0616. The highest BCUT2D eigenvalue weighted by atomic mass is 32.2. The molecular weight excluding hydrogens is 502 g/mol. The first-order chi connectivity index (χ1) is 18.1. The number of aromatic nitrogens is 3. The van der Waals surface area contributed by atoms with E-state index in [9.17, 15) is 9.59 Å². The average Bonchev–Trinajstić information content (AvgIpc) is 3.50. The molecule has 0 radical (unpaired) electrons. The van der Waals surface area contributed by atoms with Crippen LogP contribution in [-0.2, 0) is 17.6 Å². The molecule has 0 atom stereocenters. The zero-order valence-electron chi connectivity index (χ0n) is 20.3. The molecule has 0 unspecified atom stereocenters. The standard InChI is InChI=1S/C28H25N5O2S2/c1-17-10-12-19(13-11-17)33-27(35)25-21-7-3-5-9-23(21)37-26(25)31-28(33)36-16-24(34)32-30-15-18-14-29-22-8-4-2-6-20(18)22/h2,4,6,8,10-15,29H,3,5,7,9,16H2,1H3,(H,32,34)/b30-15-. The van der Waals surface area contributed by atoms with E-state index in [-0.39, 0.29) is 17.2 Å². The number of carbonyl (C=O) groups is 1. The van der Waals surface area contributed by atoms with Crippen molar-refractivity contribution in [3.63, 3.8) is 0 Å². The molecule has 9 heteroatoms. The largest absolute Gasteiger partial charge is 0.361 e. The fourth-order valence-corrected chi connectivity index (χ4v) is 6.85. The number of amides is 1. The third-order valence-electron chi connectivity index (χ3n) is 6.60. The number of hydrogen-bond donors (Lipinski definition) is 2. The van der Waals surface area contributed by atoms with Gasteiger partial charge >= 0.3 is 0 Å². The monoisotopic (exact) mass is 527 g/mol. The van der Waals surface area contributed by atoms with Gasteiger partial charge in [0.1, 0.15) is 4.83 Å². The van der Waals surface area contributed by atoms with E-state index in [1.807, 2.05) is 61.7 Å². The van der Waals surface area contributed by atoms with Gasteiger partial charge in [-0.25, -0.2) is 10.4 Å². The number of fused-ring (bicyclic) bond motifs is 4. The fraction of sp³-hybridized carbons (Fsp3) is 0.214. The minimum Gasteiger partial charge on any atom is -0.361 e. The number of nitrogens with zero attached hydrogens (tertiary/aromatic N) is 3. The molecule has 186 valence electrons. The summed E-state index contributed by atoms with van der Waals surface area (Å²) in [5.74, 6) is -0.184. The summed E-state index contributed by atoms with van der Waals surface area (Å²) in [5.41, 5.74) is 7.46. The molecule has 6 rings (SSSR count). The summed E-state index contributed by atoms with van der Waals surface area (Å²) in [4.78, 5) is 36.6. The topological polar surface area (TPSA) is 92.1 Å². The van der Waals surface area contributed by atoms with Crippen LogP contribution < -0.4 is 11.0 Å². The number of carbonyl (C=O) groups excluding carboxylic acids is 1. The Hall–Kier alpha value is -3.69. The van der Waals surface area contributed by atoms with Crippen molar-refractivity contribution in [2.45, 2.75) is 37.8 Å². The smallest absolute Gasteiger partial charge is 0.267 e. The number of rotatable bonds is 6. The SMILES string of the molecule is Cc1ccc(-n2c(SCC(=O)N/N=C\c3c[nH]c4ccccc34)nc3sc4c(c3c2=O)CCCC4)cc1. The molecule has 0 saturated heterocycles. The Morgan fingerprint density at radius 1 is 1.19 bits per heavy atom. The Balaban J connectivity index is 1.27. The molecule has 0 bridgehead atoms. The van der Waals surface area contributed by atoms with Crippen LogP contribution >= 0.6 is 23.1 Å². The lowest BCUT2D eigenvalue weighted by Crippen LogP contribution is -2.24. The Bertz CT molecular complexity index is 1710. The first-order valence-electron chi connectivity index (χ1n) is 12.2. The molecule has 3 heterocycles. The van der Waals surface area contributed by atoms with Gasteiger partial charge in [-0.3, -0.25) is 14.2 Å². The molecule has 2 N–H and O–H groups in total. The zero-order chi connectivity index (χ0) is 25.4. The van der Waals surface area contributed by atoms with Crippen molar-refractivity contribution in [2.24, 2.45) is 5.10 Å². The number of H-pyrrole nitrogens is 1. The second-order valence-electron chi connectivity index (χ2n) is 9.13. The average molecular weight is 528 g/mol. The number of aromatic amines is 1. The number of hydrogen-bond acceptors (Lipinski definition) is 6. The number of benzene rings is 2. The van der Waals surface area contributed by atoms with Crippen molar-refractivity contribution < 1.29 is 4.79 Å². The van der Waals surface area contributed by atoms with Crippen LogP contribution in [0.2, 0.25) is 0 Å². The second-order valence-corrected chi connectivity index (χ2v) is 11.2. The quantitative estimate of drug-likeness (QED) is 0.135. The summed E-state index contributed by atoms with van der Waals surface area (Å²) in [6.07, 6.45) is 7.65. The maximum absolute atomic E-state index is 13.8. The lowest BCUT2D eigenvalue weighted by Gasteiger charge is -2.13. The third-order valence-corrected chi connectivity index (χ3v) is 8.72. The van der Waals surface area contributed by atoms with E-state index in [2.05, 4.69) is 15.5 Å². The Kier molecular flexibility index (Phi) is 6.40. The van der Waals surface area contributed by atoms with Gasteiger partial charge in [0, 0.05) is 27.5 Å². The van der Waals surface area contributed by atoms with Gasteiger partial charge in [-0.1, -0.05) is 47.7 Å². The zero-order valence-corrected chi connectivity index (χ0v) is 21.9. The molecule has 0 saturated carbocycles. The Morgan fingerprint density at radius 2 is 2.00 bits per heavy atom. The number of aryl methyl sites for hydroxylation is 3. The highest BCUT2D eigenvalue weighted by Crippen LogP contribution is 2.35. The molecule has 0 fully saturated rings. The third kappa shape index (κ3) is 4.60. The summed E-state index contributed by atoms with van der Waals surface area (Å²) in [6.45, 7) is 2.01. The molecule has 5 aromatic rings. The van der Waals surface area contributed by atoms with E-state index in [1.165, 1.54) is 16.6 Å². The number of thioether (sulfide) groups is 1. The molecule has 1 aliphatic carbocycles. The minimum atomic E-state index is -0.267. The molecule has 37 heavy (non-hydrogen) atoms. The summed E-state index contributed by atoms with van der Waals surface area (Å²) in [6, 6.07) is 15.7. The maximum atomic E-state index is 13.8. The van der Waals surface area contributed by atoms with Gasteiger partial charge in [-0.2, -0.15) is 5.10 Å². The Labute approximate surface area is 221 Å². The van der Waals surface area contributed by atoms with Crippen molar-refractivity contribution in [1.82, 2.24) is 20.0 Å². The molecule has 1 amide bonds. The van der Waals surface area contributed by atoms with Gasteiger partial charge in [0.25, 0.3) is 11.5 Å². The summed E-state index contributed by atoms with van der Waals surface area (Å²) < 4.78 is 1.65. The molecule has 2 aromatic carbocycles. The molecule has 1 aliphatic rings. The summed E-state index contributed by atoms with van der Waals surface area (Å²) in [5, 5.41) is 6.41. The molecule has 7 nitrogen and oxygen atoms in total. The van der Waals surface area contributed by atoms with Crippen LogP contribution in [-0.4, -0.2) is 32.4 Å². The second kappa shape index (κ2) is 9.99. The highest BCUT2D eigenvalue weighted by molar-refractivity contribution is 7.99. The predicted molar refractivity (Wildman–Crippen MR) is 151 cm³/mol. The van der Waals surface area contributed by atoms with Gasteiger partial charge in [0.15, 0.2) is 5.16 Å².